The van der Waals surface area contributed by atoms with E-state index < -0.39 is 17.4 Å². The van der Waals surface area contributed by atoms with E-state index in [-0.39, 0.29) is 19.4 Å². The van der Waals surface area contributed by atoms with Crippen LogP contribution < -0.4 is 17.0 Å². The van der Waals surface area contributed by atoms with Gasteiger partial charge in [0.25, 0.3) is 5.56 Å². The quantitative estimate of drug-likeness (QED) is 0.584. The van der Waals surface area contributed by atoms with E-state index in [4.69, 9.17) is 15.6 Å². The number of hydrogen-bond donors (Lipinski definition) is 3. The molecule has 0 saturated heterocycles. The van der Waals surface area contributed by atoms with Gasteiger partial charge in [-0.15, -0.1) is 0 Å². The lowest BCUT2D eigenvalue weighted by molar-refractivity contribution is -0.0354. The normalized spacial score (nSPS) is 14.6. The number of H-pyrrole nitrogens is 1. The number of aryl methyl sites for hydroxylation is 1. The predicted molar refractivity (Wildman–Crippen MR) is 61.7 cm³/mol. The van der Waals surface area contributed by atoms with Gasteiger partial charge in [0.15, 0.2) is 0 Å². The molecule has 0 saturated carbocycles. The number of nitrogens with zero attached hydrogens (tertiary/aromatic N) is 1. The van der Waals surface area contributed by atoms with Gasteiger partial charge in [-0.2, -0.15) is 0 Å². The Morgan fingerprint density at radius 2 is 2.24 bits per heavy atom. The van der Waals surface area contributed by atoms with Crippen LogP contribution in [0.3, 0.4) is 0 Å². The molecule has 17 heavy (non-hydrogen) atoms. The standard InChI is InChI=1S/C10H17N3O4/c1-6-3-13(10(16)12-9(6)15)5-17-8(4-14)7(2)11/h3,7-8,14H,4-5,11H2,1-2H3,(H,12,15,16)/t7?,8-/m1/s1. The third kappa shape index (κ3) is 3.52. The number of aliphatic hydroxyl groups is 1. The maximum atomic E-state index is 11.4. The summed E-state index contributed by atoms with van der Waals surface area (Å²) >= 11 is 0. The van der Waals surface area contributed by atoms with Crippen LogP contribution in [0.5, 0.6) is 0 Å². The van der Waals surface area contributed by atoms with Gasteiger partial charge in [0, 0.05) is 17.8 Å². The van der Waals surface area contributed by atoms with E-state index in [1.165, 1.54) is 10.8 Å². The Morgan fingerprint density at radius 3 is 2.76 bits per heavy atom. The first-order chi connectivity index (χ1) is 7.95. The van der Waals surface area contributed by atoms with E-state index >= 15 is 0 Å². The number of aromatic nitrogens is 2. The zero-order valence-electron chi connectivity index (χ0n) is 9.84. The van der Waals surface area contributed by atoms with E-state index in [9.17, 15) is 9.59 Å². The molecule has 0 spiro atoms. The lowest BCUT2D eigenvalue weighted by atomic mass is 10.2. The Labute approximate surface area is 97.8 Å². The number of aromatic amines is 1. The van der Waals surface area contributed by atoms with Gasteiger partial charge in [-0.25, -0.2) is 4.79 Å². The van der Waals surface area contributed by atoms with Gasteiger partial charge in [-0.05, 0) is 13.8 Å². The maximum absolute atomic E-state index is 11.4. The number of hydrogen-bond acceptors (Lipinski definition) is 5. The van der Waals surface area contributed by atoms with Crippen LogP contribution in [0.2, 0.25) is 0 Å². The number of aliphatic hydroxyl groups excluding tert-OH is 1. The van der Waals surface area contributed by atoms with Crippen molar-refractivity contribution in [3.63, 3.8) is 0 Å². The maximum Gasteiger partial charge on any atom is 0.330 e. The van der Waals surface area contributed by atoms with Crippen molar-refractivity contribution in [2.75, 3.05) is 6.61 Å². The molecule has 0 aromatic carbocycles. The minimum Gasteiger partial charge on any atom is -0.394 e. The zero-order valence-corrected chi connectivity index (χ0v) is 9.84. The fourth-order valence-electron chi connectivity index (χ4n) is 1.26. The molecular weight excluding hydrogens is 226 g/mol. The van der Waals surface area contributed by atoms with Crippen molar-refractivity contribution in [3.8, 4) is 0 Å². The Kier molecular flexibility index (Phi) is 4.62. The van der Waals surface area contributed by atoms with Gasteiger partial charge in [-0.1, -0.05) is 0 Å². The van der Waals surface area contributed by atoms with Crippen LogP contribution >= 0.6 is 0 Å². The molecule has 7 nitrogen and oxygen atoms in total. The molecule has 7 heteroatoms. The minimum absolute atomic E-state index is 0.0663. The molecule has 2 atom stereocenters. The summed E-state index contributed by atoms with van der Waals surface area (Å²) in [6.45, 7) is 2.99. The topological polar surface area (TPSA) is 110 Å². The van der Waals surface area contributed by atoms with Crippen molar-refractivity contribution in [1.29, 1.82) is 0 Å². The molecule has 0 radical (unpaired) electrons. The van der Waals surface area contributed by atoms with Crippen molar-refractivity contribution in [1.82, 2.24) is 9.55 Å². The van der Waals surface area contributed by atoms with Crippen LogP contribution in [0.4, 0.5) is 0 Å². The number of nitrogens with one attached hydrogen (secondary N) is 1. The summed E-state index contributed by atoms with van der Waals surface area (Å²) in [4.78, 5) is 24.7. The molecule has 0 fully saturated rings. The van der Waals surface area contributed by atoms with Crippen molar-refractivity contribution in [2.24, 2.45) is 5.73 Å². The highest BCUT2D eigenvalue weighted by atomic mass is 16.5. The smallest absolute Gasteiger partial charge is 0.330 e. The summed E-state index contributed by atoms with van der Waals surface area (Å²) in [5.41, 5.74) is 5.01. The molecule has 1 aromatic rings. The molecule has 0 aliphatic rings. The monoisotopic (exact) mass is 243 g/mol. The summed E-state index contributed by atoms with van der Waals surface area (Å²) in [7, 11) is 0. The SMILES string of the molecule is Cc1cn(CO[C@H](CO)C(C)N)c(=O)[nH]c1=O. The van der Waals surface area contributed by atoms with Gasteiger partial charge in [0.05, 0.1) is 12.7 Å². The lowest BCUT2D eigenvalue weighted by Gasteiger charge is -2.19. The fraction of sp³-hybridized carbons (Fsp3) is 0.600. The van der Waals surface area contributed by atoms with Crippen LogP contribution in [0.25, 0.3) is 0 Å². The van der Waals surface area contributed by atoms with Crippen LogP contribution in [0.15, 0.2) is 15.8 Å². The first kappa shape index (κ1) is 13.6. The Bertz CT molecular complexity index is 477. The van der Waals surface area contributed by atoms with E-state index in [1.807, 2.05) is 0 Å². The summed E-state index contributed by atoms with van der Waals surface area (Å²) < 4.78 is 6.49. The minimum atomic E-state index is -0.554. The molecule has 1 heterocycles. The third-order valence-electron chi connectivity index (χ3n) is 2.38. The van der Waals surface area contributed by atoms with E-state index in [1.54, 1.807) is 13.8 Å². The van der Waals surface area contributed by atoms with Gasteiger partial charge in [0.2, 0.25) is 0 Å². The lowest BCUT2D eigenvalue weighted by Crippen LogP contribution is -2.39. The summed E-state index contributed by atoms with van der Waals surface area (Å²) in [5, 5.41) is 8.99. The predicted octanol–water partition coefficient (Wildman–Crippen LogP) is -1.47. The van der Waals surface area contributed by atoms with Crippen molar-refractivity contribution < 1.29 is 9.84 Å². The first-order valence-corrected chi connectivity index (χ1v) is 5.24. The first-order valence-electron chi connectivity index (χ1n) is 5.24. The van der Waals surface area contributed by atoms with E-state index in [0.717, 1.165) is 0 Å². The Balaban J connectivity index is 2.79. The molecular formula is C10H17N3O4. The number of ether oxygens (including phenoxy) is 1. The summed E-state index contributed by atoms with van der Waals surface area (Å²) in [6, 6.07) is -0.348. The van der Waals surface area contributed by atoms with Crippen molar-refractivity contribution >= 4 is 0 Å². The van der Waals surface area contributed by atoms with Crippen LogP contribution in [-0.2, 0) is 11.5 Å². The second-order valence-electron chi connectivity index (χ2n) is 3.92. The average molecular weight is 243 g/mol. The van der Waals surface area contributed by atoms with E-state index in [0.29, 0.717) is 5.56 Å². The van der Waals surface area contributed by atoms with Crippen LogP contribution in [0.1, 0.15) is 12.5 Å². The fourth-order valence-corrected chi connectivity index (χ4v) is 1.26. The Hall–Kier alpha value is -1.44. The molecule has 0 bridgehead atoms. The third-order valence-corrected chi connectivity index (χ3v) is 2.38. The van der Waals surface area contributed by atoms with Crippen molar-refractivity contribution in [2.45, 2.75) is 32.7 Å². The highest BCUT2D eigenvalue weighted by Gasteiger charge is 2.13. The van der Waals surface area contributed by atoms with Crippen LogP contribution in [0, 0.1) is 6.92 Å². The second kappa shape index (κ2) is 5.76. The molecule has 1 rings (SSSR count). The van der Waals surface area contributed by atoms with Crippen molar-refractivity contribution in [3.05, 3.63) is 32.6 Å². The highest BCUT2D eigenvalue weighted by molar-refractivity contribution is 5.00. The van der Waals surface area contributed by atoms with Gasteiger partial charge >= 0.3 is 5.69 Å². The molecule has 1 unspecified atom stereocenters. The molecule has 1 aromatic heterocycles. The molecule has 0 aliphatic carbocycles. The average Bonchev–Trinajstić information content (AvgIpc) is 2.25. The molecule has 0 aliphatic heterocycles. The molecule has 0 amide bonds. The second-order valence-corrected chi connectivity index (χ2v) is 3.92. The molecule has 96 valence electrons. The van der Waals surface area contributed by atoms with Gasteiger partial charge in [-0.3, -0.25) is 14.3 Å². The van der Waals surface area contributed by atoms with Gasteiger partial charge < -0.3 is 15.6 Å². The largest absolute Gasteiger partial charge is 0.394 e. The number of rotatable bonds is 5. The molecule has 4 N–H and O–H groups in total. The highest BCUT2D eigenvalue weighted by Crippen LogP contribution is 1.97. The number of nitrogens with two attached hydrogens (primary N) is 1. The van der Waals surface area contributed by atoms with Gasteiger partial charge in [0.1, 0.15) is 6.73 Å². The Morgan fingerprint density at radius 1 is 1.59 bits per heavy atom. The zero-order chi connectivity index (χ0) is 13.0. The van der Waals surface area contributed by atoms with E-state index in [2.05, 4.69) is 4.98 Å². The summed E-state index contributed by atoms with van der Waals surface area (Å²) in [6.07, 6.45) is 0.852. The van der Waals surface area contributed by atoms with Crippen LogP contribution in [-0.4, -0.2) is 33.4 Å². The summed E-state index contributed by atoms with van der Waals surface area (Å²) in [5.74, 6) is 0.